The van der Waals surface area contributed by atoms with Gasteiger partial charge >= 0.3 is 0 Å². The number of carbonyl (C=O) groups excluding carboxylic acids is 1. The molecule has 1 aliphatic heterocycles. The molecule has 7 nitrogen and oxygen atoms in total. The summed E-state index contributed by atoms with van der Waals surface area (Å²) in [6.07, 6.45) is 9.28. The van der Waals surface area contributed by atoms with Crippen LogP contribution in [0, 0.1) is 0 Å². The fraction of sp³-hybridized carbons (Fsp3) is 0.538. The first-order valence-electron chi connectivity index (χ1n) is 6.98. The lowest BCUT2D eigenvalue weighted by molar-refractivity contribution is 0.0582. The molecule has 1 unspecified atom stereocenters. The summed E-state index contributed by atoms with van der Waals surface area (Å²) in [5, 5.41) is 10.6. The topological polar surface area (TPSA) is 79.7 Å². The minimum atomic E-state index is -0.0485. The molecule has 0 spiro atoms. The quantitative estimate of drug-likeness (QED) is 0.905. The van der Waals surface area contributed by atoms with E-state index in [1.54, 1.807) is 6.20 Å². The van der Waals surface area contributed by atoms with Crippen LogP contribution in [0.1, 0.15) is 36.3 Å². The Morgan fingerprint density at radius 3 is 3.15 bits per heavy atom. The van der Waals surface area contributed by atoms with Crippen molar-refractivity contribution in [3.8, 4) is 0 Å². The van der Waals surface area contributed by atoms with Gasteiger partial charge in [0, 0.05) is 31.5 Å². The van der Waals surface area contributed by atoms with Gasteiger partial charge in [-0.1, -0.05) is 0 Å². The normalized spacial score (nSPS) is 19.2. The lowest BCUT2D eigenvalue weighted by Crippen LogP contribution is -2.44. The molecule has 7 heteroatoms. The number of aryl methyl sites for hydroxylation is 1. The van der Waals surface area contributed by atoms with Crippen molar-refractivity contribution >= 4 is 5.91 Å². The monoisotopic (exact) mass is 274 g/mol. The molecular weight excluding hydrogens is 256 g/mol. The van der Waals surface area contributed by atoms with Crippen molar-refractivity contribution in [2.45, 2.75) is 38.3 Å². The second-order valence-corrected chi connectivity index (χ2v) is 5.04. The highest BCUT2D eigenvalue weighted by molar-refractivity contribution is 5.90. The fourth-order valence-electron chi connectivity index (χ4n) is 2.73. The third kappa shape index (κ3) is 2.71. The summed E-state index contributed by atoms with van der Waals surface area (Å²) in [5.74, 6) is 0.281. The van der Waals surface area contributed by atoms with Crippen LogP contribution >= 0.6 is 0 Å². The number of aromatic amines is 1. The number of hydrogen-bond donors (Lipinski definition) is 1. The van der Waals surface area contributed by atoms with E-state index < -0.39 is 0 Å². The number of amides is 1. The lowest BCUT2D eigenvalue weighted by Gasteiger charge is -2.35. The molecule has 1 N–H and O–H groups in total. The molecule has 106 valence electrons. The predicted octanol–water partition coefficient (Wildman–Crippen LogP) is 1.09. The zero-order chi connectivity index (χ0) is 13.8. The summed E-state index contributed by atoms with van der Waals surface area (Å²) >= 11 is 0. The Morgan fingerprint density at radius 2 is 2.40 bits per heavy atom. The van der Waals surface area contributed by atoms with Gasteiger partial charge in [-0.15, -0.1) is 0 Å². The van der Waals surface area contributed by atoms with E-state index in [9.17, 15) is 4.79 Å². The standard InChI is InChI=1S/C13H18N6O/c20-13(12-14-10-15-17-12)19-8-2-1-4-11(19)5-9-18-7-3-6-16-18/h3,6-7,10-11H,1-2,4-5,8-9H2,(H,14,15,17). The molecule has 3 rings (SSSR count). The summed E-state index contributed by atoms with van der Waals surface area (Å²) in [4.78, 5) is 18.3. The maximum absolute atomic E-state index is 12.4. The summed E-state index contributed by atoms with van der Waals surface area (Å²) in [7, 11) is 0. The van der Waals surface area contributed by atoms with Crippen molar-refractivity contribution in [1.29, 1.82) is 0 Å². The van der Waals surface area contributed by atoms with Crippen molar-refractivity contribution in [1.82, 2.24) is 29.9 Å². The van der Waals surface area contributed by atoms with Crippen molar-refractivity contribution in [2.24, 2.45) is 0 Å². The molecule has 0 bridgehead atoms. The van der Waals surface area contributed by atoms with E-state index in [1.807, 2.05) is 21.8 Å². The fourth-order valence-corrected chi connectivity index (χ4v) is 2.73. The van der Waals surface area contributed by atoms with Crippen molar-refractivity contribution in [2.75, 3.05) is 6.54 Å². The van der Waals surface area contributed by atoms with E-state index in [0.717, 1.165) is 32.4 Å². The number of carbonyl (C=O) groups is 1. The Balaban J connectivity index is 1.66. The first kappa shape index (κ1) is 12.8. The third-order valence-electron chi connectivity index (χ3n) is 3.76. The summed E-state index contributed by atoms with van der Waals surface area (Å²) < 4.78 is 1.91. The summed E-state index contributed by atoms with van der Waals surface area (Å²) in [6.45, 7) is 1.63. The highest BCUT2D eigenvalue weighted by Gasteiger charge is 2.28. The molecular formula is C13H18N6O. The number of piperidine rings is 1. The molecule has 0 aliphatic carbocycles. The first-order valence-corrected chi connectivity index (χ1v) is 6.98. The summed E-state index contributed by atoms with van der Waals surface area (Å²) in [6, 6.07) is 2.17. The maximum Gasteiger partial charge on any atom is 0.291 e. The van der Waals surface area contributed by atoms with Crippen LogP contribution in [0.5, 0.6) is 0 Å². The van der Waals surface area contributed by atoms with E-state index in [4.69, 9.17) is 0 Å². The van der Waals surface area contributed by atoms with Gasteiger partial charge in [0.25, 0.3) is 5.91 Å². The second-order valence-electron chi connectivity index (χ2n) is 5.04. The largest absolute Gasteiger partial charge is 0.333 e. The van der Waals surface area contributed by atoms with Gasteiger partial charge in [-0.3, -0.25) is 14.6 Å². The van der Waals surface area contributed by atoms with Gasteiger partial charge in [0.05, 0.1) is 0 Å². The van der Waals surface area contributed by atoms with Gasteiger partial charge in [0.1, 0.15) is 6.33 Å². The minimum absolute atomic E-state index is 0.0485. The van der Waals surface area contributed by atoms with Gasteiger partial charge in [0.2, 0.25) is 5.82 Å². The Labute approximate surface area is 117 Å². The number of H-pyrrole nitrogens is 1. The minimum Gasteiger partial charge on any atom is -0.333 e. The van der Waals surface area contributed by atoms with Crippen LogP contribution in [0.3, 0.4) is 0 Å². The number of aromatic nitrogens is 5. The molecule has 3 heterocycles. The third-order valence-corrected chi connectivity index (χ3v) is 3.76. The van der Waals surface area contributed by atoms with Crippen LogP contribution in [-0.2, 0) is 6.54 Å². The van der Waals surface area contributed by atoms with E-state index in [1.165, 1.54) is 12.7 Å². The molecule has 0 aromatic carbocycles. The van der Waals surface area contributed by atoms with Gasteiger partial charge in [-0.25, -0.2) is 4.98 Å². The maximum atomic E-state index is 12.4. The van der Waals surface area contributed by atoms with E-state index >= 15 is 0 Å². The van der Waals surface area contributed by atoms with Crippen molar-refractivity contribution < 1.29 is 4.79 Å². The molecule has 20 heavy (non-hydrogen) atoms. The molecule has 1 fully saturated rings. The number of nitrogens with one attached hydrogen (secondary N) is 1. The Hall–Kier alpha value is -2.18. The summed E-state index contributed by atoms with van der Waals surface area (Å²) in [5.41, 5.74) is 0. The van der Waals surface area contributed by atoms with Crippen LogP contribution in [0.4, 0.5) is 0 Å². The highest BCUT2D eigenvalue weighted by atomic mass is 16.2. The predicted molar refractivity (Wildman–Crippen MR) is 71.9 cm³/mol. The highest BCUT2D eigenvalue weighted by Crippen LogP contribution is 2.21. The van der Waals surface area contributed by atoms with Crippen molar-refractivity contribution in [3.05, 3.63) is 30.6 Å². The molecule has 0 saturated carbocycles. The molecule has 2 aromatic heterocycles. The van der Waals surface area contributed by atoms with Crippen LogP contribution in [-0.4, -0.2) is 48.4 Å². The average Bonchev–Trinajstić information content (AvgIpc) is 3.18. The van der Waals surface area contributed by atoms with Gasteiger partial charge in [0.15, 0.2) is 0 Å². The number of likely N-dealkylation sites (tertiary alicyclic amines) is 1. The Kier molecular flexibility index (Phi) is 3.76. The van der Waals surface area contributed by atoms with Gasteiger partial charge < -0.3 is 4.90 Å². The molecule has 1 aliphatic rings. The molecule has 2 aromatic rings. The van der Waals surface area contributed by atoms with E-state index in [2.05, 4.69) is 20.3 Å². The van der Waals surface area contributed by atoms with Crippen LogP contribution < -0.4 is 0 Å². The molecule has 1 amide bonds. The Morgan fingerprint density at radius 1 is 1.45 bits per heavy atom. The van der Waals surface area contributed by atoms with Crippen LogP contribution in [0.15, 0.2) is 24.8 Å². The average molecular weight is 274 g/mol. The van der Waals surface area contributed by atoms with E-state index in [0.29, 0.717) is 5.82 Å². The molecule has 0 radical (unpaired) electrons. The van der Waals surface area contributed by atoms with Crippen LogP contribution in [0.25, 0.3) is 0 Å². The van der Waals surface area contributed by atoms with Gasteiger partial charge in [-0.2, -0.15) is 10.2 Å². The molecule has 1 atom stereocenters. The second kappa shape index (κ2) is 5.85. The van der Waals surface area contributed by atoms with Gasteiger partial charge in [-0.05, 0) is 31.7 Å². The van der Waals surface area contributed by atoms with E-state index in [-0.39, 0.29) is 11.9 Å². The number of hydrogen-bond acceptors (Lipinski definition) is 4. The van der Waals surface area contributed by atoms with Crippen molar-refractivity contribution in [3.63, 3.8) is 0 Å². The Bertz CT molecular complexity index is 535. The molecule has 1 saturated heterocycles. The smallest absolute Gasteiger partial charge is 0.291 e. The zero-order valence-corrected chi connectivity index (χ0v) is 11.3. The SMILES string of the molecule is O=C(c1ncn[nH]1)N1CCCCC1CCn1cccn1. The zero-order valence-electron chi connectivity index (χ0n) is 11.3. The number of rotatable bonds is 4. The van der Waals surface area contributed by atoms with Crippen LogP contribution in [0.2, 0.25) is 0 Å². The number of nitrogens with zero attached hydrogens (tertiary/aromatic N) is 5. The lowest BCUT2D eigenvalue weighted by atomic mass is 9.99. The first-order chi connectivity index (χ1) is 9.84.